The lowest BCUT2D eigenvalue weighted by molar-refractivity contribution is 0.0150. The first-order chi connectivity index (χ1) is 7.19. The van der Waals surface area contributed by atoms with Crippen molar-refractivity contribution in [1.82, 2.24) is 0 Å². The average Bonchev–Trinajstić information content (AvgIpc) is 2.28. The average molecular weight is 274 g/mol. The smallest absolute Gasteiger partial charge is 0.105 e. The van der Waals surface area contributed by atoms with Gasteiger partial charge in [-0.1, -0.05) is 40.2 Å². The molecule has 0 aromatic heterocycles. The van der Waals surface area contributed by atoms with Gasteiger partial charge in [0, 0.05) is 5.33 Å². The van der Waals surface area contributed by atoms with Gasteiger partial charge in [0.15, 0.2) is 0 Å². The molecule has 0 bridgehead atoms. The van der Waals surface area contributed by atoms with Crippen molar-refractivity contribution in [2.45, 2.75) is 24.0 Å². The molecule has 1 aromatic carbocycles. The third kappa shape index (κ3) is 3.57. The molecule has 2 atom stereocenters. The molecule has 1 rings (SSSR count). The van der Waals surface area contributed by atoms with E-state index < -0.39 is 12.2 Å². The number of halogens is 1. The minimum atomic E-state index is -0.849. The molecule has 0 fully saturated rings. The second-order valence-electron chi connectivity index (χ2n) is 3.46. The van der Waals surface area contributed by atoms with E-state index in [2.05, 4.69) is 15.9 Å². The highest BCUT2D eigenvalue weighted by Crippen LogP contribution is 2.19. The fourth-order valence-corrected chi connectivity index (χ4v) is 1.73. The number of hydrogen-bond acceptors (Lipinski definition) is 3. The Kier molecular flexibility index (Phi) is 5.25. The Morgan fingerprint density at radius 2 is 1.80 bits per heavy atom. The predicted molar refractivity (Wildman–Crippen MR) is 63.7 cm³/mol. The Bertz CT molecular complexity index is 289. The van der Waals surface area contributed by atoms with E-state index in [1.54, 1.807) is 0 Å². The van der Waals surface area contributed by atoms with Crippen molar-refractivity contribution < 1.29 is 10.2 Å². The van der Waals surface area contributed by atoms with Gasteiger partial charge in [0.25, 0.3) is 0 Å². The first-order valence-electron chi connectivity index (χ1n) is 4.90. The molecule has 1 aromatic rings. The van der Waals surface area contributed by atoms with E-state index in [1.807, 2.05) is 24.3 Å². The zero-order valence-electron chi connectivity index (χ0n) is 8.44. The molecule has 0 heterocycles. The molecule has 0 saturated carbocycles. The molecule has 4 N–H and O–H groups in total. The largest absolute Gasteiger partial charge is 0.390 e. The standard InChI is InChI=1S/C11H16BrNO2/c12-7-8-1-3-9(4-2-8)11(15)10(14)5-6-13/h1-4,10-11,14-15H,5-7,13H2. The first kappa shape index (κ1) is 12.6. The monoisotopic (exact) mass is 273 g/mol. The van der Waals surface area contributed by atoms with Crippen molar-refractivity contribution in [3.8, 4) is 0 Å². The van der Waals surface area contributed by atoms with Crippen molar-refractivity contribution in [1.29, 1.82) is 0 Å². The lowest BCUT2D eigenvalue weighted by Gasteiger charge is -2.17. The van der Waals surface area contributed by atoms with Gasteiger partial charge in [-0.05, 0) is 24.1 Å². The normalized spacial score (nSPS) is 14.9. The van der Waals surface area contributed by atoms with Crippen LogP contribution in [0.3, 0.4) is 0 Å². The Morgan fingerprint density at radius 3 is 2.27 bits per heavy atom. The lowest BCUT2D eigenvalue weighted by Crippen LogP contribution is -2.21. The number of hydrogen-bond donors (Lipinski definition) is 3. The SMILES string of the molecule is NCCC(O)C(O)c1ccc(CBr)cc1. The van der Waals surface area contributed by atoms with E-state index in [4.69, 9.17) is 5.73 Å². The second kappa shape index (κ2) is 6.23. The van der Waals surface area contributed by atoms with Gasteiger partial charge in [0.05, 0.1) is 6.10 Å². The van der Waals surface area contributed by atoms with Crippen LogP contribution in [0.5, 0.6) is 0 Å². The summed E-state index contributed by atoms with van der Waals surface area (Å²) >= 11 is 3.34. The van der Waals surface area contributed by atoms with Gasteiger partial charge >= 0.3 is 0 Å². The first-order valence-corrected chi connectivity index (χ1v) is 6.02. The van der Waals surface area contributed by atoms with Gasteiger partial charge in [-0.3, -0.25) is 0 Å². The highest BCUT2D eigenvalue weighted by Gasteiger charge is 2.16. The van der Waals surface area contributed by atoms with E-state index in [0.717, 1.165) is 16.5 Å². The second-order valence-corrected chi connectivity index (χ2v) is 4.03. The van der Waals surface area contributed by atoms with Crippen molar-refractivity contribution >= 4 is 15.9 Å². The third-order valence-corrected chi connectivity index (χ3v) is 2.95. The fourth-order valence-electron chi connectivity index (χ4n) is 1.35. The van der Waals surface area contributed by atoms with E-state index in [0.29, 0.717) is 13.0 Å². The number of rotatable bonds is 5. The van der Waals surface area contributed by atoms with Crippen molar-refractivity contribution in [2.75, 3.05) is 6.54 Å². The molecule has 0 spiro atoms. The molecule has 0 amide bonds. The summed E-state index contributed by atoms with van der Waals surface area (Å²) < 4.78 is 0. The summed E-state index contributed by atoms with van der Waals surface area (Å²) in [5.74, 6) is 0. The van der Waals surface area contributed by atoms with Gasteiger partial charge in [-0.25, -0.2) is 0 Å². The van der Waals surface area contributed by atoms with Crippen LogP contribution in [0.25, 0.3) is 0 Å². The molecule has 0 aliphatic carbocycles. The molecule has 15 heavy (non-hydrogen) atoms. The van der Waals surface area contributed by atoms with E-state index in [9.17, 15) is 10.2 Å². The van der Waals surface area contributed by atoms with Crippen LogP contribution >= 0.6 is 15.9 Å². The topological polar surface area (TPSA) is 66.5 Å². The van der Waals surface area contributed by atoms with Crippen LogP contribution in [-0.2, 0) is 5.33 Å². The molecule has 0 saturated heterocycles. The summed E-state index contributed by atoms with van der Waals surface area (Å²) in [5.41, 5.74) is 7.17. The van der Waals surface area contributed by atoms with E-state index >= 15 is 0 Å². The Labute approximate surface area is 98.1 Å². The minimum absolute atomic E-state index is 0.373. The molecule has 0 radical (unpaired) electrons. The molecule has 0 aliphatic heterocycles. The van der Waals surface area contributed by atoms with E-state index in [1.165, 1.54) is 0 Å². The third-order valence-electron chi connectivity index (χ3n) is 2.30. The summed E-state index contributed by atoms with van der Waals surface area (Å²) in [4.78, 5) is 0. The van der Waals surface area contributed by atoms with Crippen LogP contribution in [0.2, 0.25) is 0 Å². The molecular formula is C11H16BrNO2. The number of aliphatic hydroxyl groups is 2. The Morgan fingerprint density at radius 1 is 1.20 bits per heavy atom. The van der Waals surface area contributed by atoms with Crippen molar-refractivity contribution in [3.05, 3.63) is 35.4 Å². The van der Waals surface area contributed by atoms with Gasteiger partial charge in [0.1, 0.15) is 6.10 Å². The molecular weight excluding hydrogens is 258 g/mol. The maximum Gasteiger partial charge on any atom is 0.105 e. The van der Waals surface area contributed by atoms with Crippen molar-refractivity contribution in [2.24, 2.45) is 5.73 Å². The molecule has 2 unspecified atom stereocenters. The predicted octanol–water partition coefficient (Wildman–Crippen LogP) is 1.32. The minimum Gasteiger partial charge on any atom is -0.390 e. The van der Waals surface area contributed by atoms with Gasteiger partial charge in [-0.2, -0.15) is 0 Å². The van der Waals surface area contributed by atoms with Gasteiger partial charge in [0.2, 0.25) is 0 Å². The van der Waals surface area contributed by atoms with Crippen LogP contribution in [0, 0.1) is 0 Å². The van der Waals surface area contributed by atoms with Crippen LogP contribution in [-0.4, -0.2) is 22.9 Å². The highest BCUT2D eigenvalue weighted by molar-refractivity contribution is 9.08. The van der Waals surface area contributed by atoms with Crippen LogP contribution in [0.4, 0.5) is 0 Å². The summed E-state index contributed by atoms with van der Waals surface area (Å²) in [6, 6.07) is 7.48. The number of benzene rings is 1. The molecule has 84 valence electrons. The zero-order valence-corrected chi connectivity index (χ0v) is 10.0. The quantitative estimate of drug-likeness (QED) is 0.709. The Balaban J connectivity index is 2.69. The van der Waals surface area contributed by atoms with E-state index in [-0.39, 0.29) is 0 Å². The molecule has 4 heteroatoms. The van der Waals surface area contributed by atoms with Crippen molar-refractivity contribution in [3.63, 3.8) is 0 Å². The molecule has 3 nitrogen and oxygen atoms in total. The summed E-state index contributed by atoms with van der Waals surface area (Å²) in [5, 5.41) is 20.1. The van der Waals surface area contributed by atoms with Crippen LogP contribution in [0.1, 0.15) is 23.7 Å². The van der Waals surface area contributed by atoms with Gasteiger partial charge < -0.3 is 15.9 Å². The molecule has 0 aliphatic rings. The Hall–Kier alpha value is -0.420. The maximum absolute atomic E-state index is 9.77. The maximum atomic E-state index is 9.77. The fraction of sp³-hybridized carbons (Fsp3) is 0.455. The van der Waals surface area contributed by atoms with Gasteiger partial charge in [-0.15, -0.1) is 0 Å². The zero-order chi connectivity index (χ0) is 11.3. The van der Waals surface area contributed by atoms with Crippen LogP contribution < -0.4 is 5.73 Å². The highest BCUT2D eigenvalue weighted by atomic mass is 79.9. The number of aliphatic hydroxyl groups excluding tert-OH is 2. The summed E-state index contributed by atoms with van der Waals surface area (Å²) in [6.45, 7) is 0.373. The number of nitrogens with two attached hydrogens (primary N) is 1. The van der Waals surface area contributed by atoms with Crippen LogP contribution in [0.15, 0.2) is 24.3 Å². The summed E-state index contributed by atoms with van der Waals surface area (Å²) in [6.07, 6.45) is -1.23. The summed E-state index contributed by atoms with van der Waals surface area (Å²) in [7, 11) is 0. The number of alkyl halides is 1. The lowest BCUT2D eigenvalue weighted by atomic mass is 10.0.